The Kier molecular flexibility index (Phi) is 9.17. The fraction of sp³-hybridized carbons (Fsp3) is 0.345. The molecule has 4 rings (SSSR count). The van der Waals surface area contributed by atoms with Crippen LogP contribution in [0.2, 0.25) is 0 Å². The number of carboxylic acid groups (broad SMARTS) is 1. The third-order valence-corrected chi connectivity index (χ3v) is 7.96. The molecule has 1 aliphatic rings. The van der Waals surface area contributed by atoms with Gasteiger partial charge < -0.3 is 14.6 Å². The molecule has 1 heterocycles. The second-order valence-electron chi connectivity index (χ2n) is 9.72. The molecule has 2 N–H and O–H groups in total. The summed E-state index contributed by atoms with van der Waals surface area (Å²) in [6, 6.07) is 21.3. The molecule has 0 unspecified atom stereocenters. The number of nitrogens with one attached hydrogen (secondary N) is 1. The molecular formula is C29H34N2O6S. The largest absolute Gasteiger partial charge is 0.489 e. The van der Waals surface area contributed by atoms with Gasteiger partial charge in [-0.25, -0.2) is 8.42 Å². The third-order valence-electron chi connectivity index (χ3n) is 6.51. The van der Waals surface area contributed by atoms with Crippen molar-refractivity contribution in [2.45, 2.75) is 37.9 Å². The van der Waals surface area contributed by atoms with Crippen LogP contribution in [0.15, 0.2) is 77.7 Å². The summed E-state index contributed by atoms with van der Waals surface area (Å²) in [7, 11) is -3.95. The Hall–Kier alpha value is -3.24. The van der Waals surface area contributed by atoms with Gasteiger partial charge >= 0.3 is 5.97 Å². The zero-order valence-electron chi connectivity index (χ0n) is 21.7. The fourth-order valence-corrected chi connectivity index (χ4v) is 5.54. The predicted octanol–water partition coefficient (Wildman–Crippen LogP) is 4.15. The highest BCUT2D eigenvalue weighted by atomic mass is 32.2. The molecule has 0 radical (unpaired) electrons. The summed E-state index contributed by atoms with van der Waals surface area (Å²) in [5, 5.41) is 9.30. The summed E-state index contributed by atoms with van der Waals surface area (Å²) in [4.78, 5) is 13.8. The number of hydrogen-bond acceptors (Lipinski definition) is 6. The number of rotatable bonds is 11. The Labute approximate surface area is 224 Å². The molecule has 0 aliphatic carbocycles. The van der Waals surface area contributed by atoms with Gasteiger partial charge in [0.05, 0.1) is 18.1 Å². The lowest BCUT2D eigenvalue weighted by molar-refractivity contribution is -0.140. The number of carboxylic acids is 1. The number of nitrogens with zero attached hydrogens (tertiary/aromatic N) is 1. The van der Waals surface area contributed by atoms with Crippen molar-refractivity contribution in [3.63, 3.8) is 0 Å². The van der Waals surface area contributed by atoms with Crippen LogP contribution < -0.4 is 9.46 Å². The van der Waals surface area contributed by atoms with E-state index in [2.05, 4.69) is 21.8 Å². The van der Waals surface area contributed by atoms with Crippen LogP contribution in [0.1, 0.15) is 25.0 Å². The lowest BCUT2D eigenvalue weighted by Gasteiger charge is -2.26. The van der Waals surface area contributed by atoms with Crippen molar-refractivity contribution in [2.24, 2.45) is 5.92 Å². The summed E-state index contributed by atoms with van der Waals surface area (Å²) < 4.78 is 38.9. The van der Waals surface area contributed by atoms with Gasteiger partial charge in [-0.15, -0.1) is 0 Å². The molecule has 0 spiro atoms. The van der Waals surface area contributed by atoms with E-state index in [1.54, 1.807) is 26.0 Å². The van der Waals surface area contributed by atoms with Crippen molar-refractivity contribution in [3.8, 4) is 16.9 Å². The molecule has 1 fully saturated rings. The smallest absolute Gasteiger partial charge is 0.322 e. The topological polar surface area (TPSA) is 105 Å². The van der Waals surface area contributed by atoms with Crippen molar-refractivity contribution >= 4 is 16.0 Å². The van der Waals surface area contributed by atoms with E-state index < -0.39 is 22.0 Å². The minimum Gasteiger partial charge on any atom is -0.489 e. The lowest BCUT2D eigenvalue weighted by atomic mass is 10.0. The first-order valence-corrected chi connectivity index (χ1v) is 14.2. The fourth-order valence-electron chi connectivity index (χ4n) is 4.20. The van der Waals surface area contributed by atoms with Crippen LogP contribution in [-0.4, -0.2) is 56.7 Å². The Morgan fingerprint density at radius 2 is 1.47 bits per heavy atom. The number of carbonyl (C=O) groups is 1. The minimum atomic E-state index is -3.95. The predicted molar refractivity (Wildman–Crippen MR) is 145 cm³/mol. The number of sulfonamides is 1. The molecule has 0 aromatic heterocycles. The van der Waals surface area contributed by atoms with Crippen LogP contribution in [0.25, 0.3) is 11.1 Å². The first-order valence-electron chi connectivity index (χ1n) is 12.7. The van der Waals surface area contributed by atoms with Crippen molar-refractivity contribution in [1.82, 2.24) is 9.62 Å². The van der Waals surface area contributed by atoms with Crippen LogP contribution >= 0.6 is 0 Å². The second kappa shape index (κ2) is 12.5. The highest BCUT2D eigenvalue weighted by Crippen LogP contribution is 2.23. The van der Waals surface area contributed by atoms with E-state index in [4.69, 9.17) is 9.47 Å². The molecule has 0 amide bonds. The zero-order chi connectivity index (χ0) is 27.1. The molecule has 0 saturated carbocycles. The van der Waals surface area contributed by atoms with Crippen LogP contribution in [0, 0.1) is 5.92 Å². The lowest BCUT2D eigenvalue weighted by Crippen LogP contribution is -2.44. The highest BCUT2D eigenvalue weighted by Gasteiger charge is 2.28. The van der Waals surface area contributed by atoms with E-state index in [1.807, 2.05) is 36.4 Å². The first-order chi connectivity index (χ1) is 18.2. The van der Waals surface area contributed by atoms with Crippen LogP contribution in [0.5, 0.6) is 5.75 Å². The zero-order valence-corrected chi connectivity index (χ0v) is 22.5. The monoisotopic (exact) mass is 538 g/mol. The molecule has 1 saturated heterocycles. The minimum absolute atomic E-state index is 0.0223. The van der Waals surface area contributed by atoms with Gasteiger partial charge in [0.1, 0.15) is 18.4 Å². The summed E-state index contributed by atoms with van der Waals surface area (Å²) in [6.45, 7) is 8.16. The summed E-state index contributed by atoms with van der Waals surface area (Å²) in [5.74, 6) is -0.776. The van der Waals surface area contributed by atoms with E-state index in [-0.39, 0.29) is 10.8 Å². The van der Waals surface area contributed by atoms with Gasteiger partial charge in [-0.2, -0.15) is 4.72 Å². The Morgan fingerprint density at radius 3 is 2.03 bits per heavy atom. The molecule has 3 aromatic carbocycles. The van der Waals surface area contributed by atoms with Gasteiger partial charge in [-0.1, -0.05) is 62.4 Å². The van der Waals surface area contributed by atoms with Crippen LogP contribution in [0.4, 0.5) is 0 Å². The van der Waals surface area contributed by atoms with Gasteiger partial charge in [0.25, 0.3) is 0 Å². The molecule has 202 valence electrons. The number of benzene rings is 3. The number of ether oxygens (including phenoxy) is 2. The van der Waals surface area contributed by atoms with Gasteiger partial charge in [-0.3, -0.25) is 9.69 Å². The van der Waals surface area contributed by atoms with Gasteiger partial charge in [0.15, 0.2) is 0 Å². The summed E-state index contributed by atoms with van der Waals surface area (Å²) in [6.07, 6.45) is 0. The Morgan fingerprint density at radius 1 is 0.921 bits per heavy atom. The van der Waals surface area contributed by atoms with Crippen molar-refractivity contribution < 1.29 is 27.8 Å². The maximum Gasteiger partial charge on any atom is 0.322 e. The molecule has 1 atom stereocenters. The quantitative estimate of drug-likeness (QED) is 0.378. The number of morpholine rings is 1. The van der Waals surface area contributed by atoms with Crippen molar-refractivity contribution in [2.75, 3.05) is 26.3 Å². The van der Waals surface area contributed by atoms with E-state index in [9.17, 15) is 18.3 Å². The van der Waals surface area contributed by atoms with Crippen LogP contribution in [0.3, 0.4) is 0 Å². The van der Waals surface area contributed by atoms with Gasteiger partial charge in [0, 0.05) is 19.6 Å². The maximum atomic E-state index is 12.6. The van der Waals surface area contributed by atoms with E-state index >= 15 is 0 Å². The van der Waals surface area contributed by atoms with E-state index in [0.717, 1.165) is 55.3 Å². The van der Waals surface area contributed by atoms with Gasteiger partial charge in [-0.05, 0) is 52.4 Å². The van der Waals surface area contributed by atoms with Crippen molar-refractivity contribution in [1.29, 1.82) is 0 Å². The SMILES string of the molecule is CC(C)[C@@H](NS(=O)(=O)c1ccc(-c2ccc(COc3ccc(CN4CCOCC4)cc3)cc2)cc1)C(=O)O. The molecular weight excluding hydrogens is 504 g/mol. The summed E-state index contributed by atoms with van der Waals surface area (Å²) in [5.41, 5.74) is 4.05. The summed E-state index contributed by atoms with van der Waals surface area (Å²) >= 11 is 0. The average Bonchev–Trinajstić information content (AvgIpc) is 2.92. The second-order valence-corrected chi connectivity index (χ2v) is 11.4. The standard InChI is InChI=1S/C29H34N2O6S/c1-21(2)28(29(32)33)30-38(34,35)27-13-9-25(10-14-27)24-7-3-23(4-8-24)20-37-26-11-5-22(6-12-26)19-31-15-17-36-18-16-31/h3-14,21,28,30H,15-20H2,1-2H3,(H,32,33)/t28-/m1/s1. The van der Waals surface area contributed by atoms with Gasteiger partial charge in [0.2, 0.25) is 10.0 Å². The molecule has 3 aromatic rings. The average molecular weight is 539 g/mol. The Bertz CT molecular complexity index is 1300. The molecule has 0 bridgehead atoms. The normalized spacial score (nSPS) is 15.3. The third kappa shape index (κ3) is 7.41. The van der Waals surface area contributed by atoms with Crippen molar-refractivity contribution in [3.05, 3.63) is 83.9 Å². The first kappa shape index (κ1) is 27.8. The maximum absolute atomic E-state index is 12.6. The number of aliphatic carboxylic acids is 1. The molecule has 9 heteroatoms. The van der Waals surface area contributed by atoms with E-state index in [0.29, 0.717) is 6.61 Å². The van der Waals surface area contributed by atoms with E-state index in [1.165, 1.54) is 17.7 Å². The Balaban J connectivity index is 1.32. The number of hydrogen-bond donors (Lipinski definition) is 2. The highest BCUT2D eigenvalue weighted by molar-refractivity contribution is 7.89. The molecule has 38 heavy (non-hydrogen) atoms. The van der Waals surface area contributed by atoms with Crippen LogP contribution in [-0.2, 0) is 32.7 Å². The molecule has 8 nitrogen and oxygen atoms in total. The molecule has 1 aliphatic heterocycles.